The molecule has 0 atom stereocenters. The summed E-state index contributed by atoms with van der Waals surface area (Å²) in [5.41, 5.74) is 2.51. The molecule has 18 heavy (non-hydrogen) atoms. The van der Waals surface area contributed by atoms with E-state index in [0.29, 0.717) is 5.56 Å². The van der Waals surface area contributed by atoms with Crippen LogP contribution in [-0.2, 0) is 0 Å². The van der Waals surface area contributed by atoms with Gasteiger partial charge in [0.25, 0.3) is 5.91 Å². The summed E-state index contributed by atoms with van der Waals surface area (Å²) in [6.45, 7) is 5.93. The molecule has 2 aromatic carbocycles. The number of anilines is 1. The molecule has 0 unspecified atom stereocenters. The van der Waals surface area contributed by atoms with Crippen LogP contribution >= 0.6 is 0 Å². The van der Waals surface area contributed by atoms with Gasteiger partial charge in [0, 0.05) is 11.3 Å². The van der Waals surface area contributed by atoms with Crippen molar-refractivity contribution in [3.8, 4) is 0 Å². The van der Waals surface area contributed by atoms with E-state index < -0.39 is 0 Å². The Labute approximate surface area is 109 Å². The molecule has 0 fully saturated rings. The van der Waals surface area contributed by atoms with Crippen molar-refractivity contribution in [2.45, 2.75) is 20.8 Å². The Balaban J connectivity index is 0.000000771. The smallest absolute Gasteiger partial charge is 0.255 e. The predicted molar refractivity (Wildman–Crippen MR) is 76.9 cm³/mol. The van der Waals surface area contributed by atoms with Crippen LogP contribution in [0.4, 0.5) is 5.69 Å². The van der Waals surface area contributed by atoms with E-state index in [2.05, 4.69) is 5.32 Å². The predicted octanol–water partition coefficient (Wildman–Crippen LogP) is 4.27. The topological polar surface area (TPSA) is 29.1 Å². The van der Waals surface area contributed by atoms with Gasteiger partial charge in [-0.15, -0.1) is 0 Å². The van der Waals surface area contributed by atoms with E-state index in [0.717, 1.165) is 11.3 Å². The van der Waals surface area contributed by atoms with Crippen LogP contribution in [0.15, 0.2) is 54.6 Å². The summed E-state index contributed by atoms with van der Waals surface area (Å²) in [4.78, 5) is 11.9. The van der Waals surface area contributed by atoms with Crippen LogP contribution in [0.2, 0.25) is 0 Å². The minimum Gasteiger partial charge on any atom is -0.322 e. The second kappa shape index (κ2) is 7.28. The first-order chi connectivity index (χ1) is 8.77. The molecule has 0 aliphatic heterocycles. The number of carbonyl (C=O) groups is 1. The lowest BCUT2D eigenvalue weighted by Gasteiger charge is -2.06. The Kier molecular flexibility index (Phi) is 5.65. The highest BCUT2D eigenvalue weighted by Crippen LogP contribution is 2.11. The highest BCUT2D eigenvalue weighted by Gasteiger charge is 2.07. The fourth-order valence-corrected chi connectivity index (χ4v) is 1.55. The summed E-state index contributed by atoms with van der Waals surface area (Å²) in [6, 6.07) is 17.0. The average Bonchev–Trinajstić information content (AvgIpc) is 2.42. The molecule has 2 nitrogen and oxygen atoms in total. The lowest BCUT2D eigenvalue weighted by atomic mass is 10.1. The summed E-state index contributed by atoms with van der Waals surface area (Å²) in [5, 5.41) is 2.86. The van der Waals surface area contributed by atoms with Gasteiger partial charge in [-0.25, -0.2) is 0 Å². The van der Waals surface area contributed by atoms with Crippen molar-refractivity contribution < 1.29 is 4.79 Å². The van der Waals surface area contributed by atoms with Crippen molar-refractivity contribution in [2.75, 3.05) is 5.32 Å². The number of aryl methyl sites for hydroxylation is 1. The Morgan fingerprint density at radius 3 is 2.06 bits per heavy atom. The van der Waals surface area contributed by atoms with Gasteiger partial charge in [-0.3, -0.25) is 4.79 Å². The van der Waals surface area contributed by atoms with Gasteiger partial charge in [0.1, 0.15) is 0 Å². The summed E-state index contributed by atoms with van der Waals surface area (Å²) in [6.07, 6.45) is 0. The van der Waals surface area contributed by atoms with Crippen molar-refractivity contribution in [1.29, 1.82) is 0 Å². The third kappa shape index (κ3) is 3.74. The number of rotatable bonds is 2. The van der Waals surface area contributed by atoms with Crippen molar-refractivity contribution in [3.63, 3.8) is 0 Å². The average molecular weight is 241 g/mol. The fourth-order valence-electron chi connectivity index (χ4n) is 1.55. The quantitative estimate of drug-likeness (QED) is 0.835. The maximum Gasteiger partial charge on any atom is 0.255 e. The minimum atomic E-state index is -0.0655. The molecule has 0 radical (unpaired) electrons. The van der Waals surface area contributed by atoms with Crippen LogP contribution in [0.1, 0.15) is 29.8 Å². The van der Waals surface area contributed by atoms with Crippen molar-refractivity contribution >= 4 is 11.6 Å². The third-order valence-corrected chi connectivity index (χ3v) is 2.42. The molecular formula is C16H19NO. The molecule has 2 heteroatoms. The number of para-hydroxylation sites is 1. The number of amides is 1. The van der Waals surface area contributed by atoms with Crippen LogP contribution in [0.25, 0.3) is 0 Å². The van der Waals surface area contributed by atoms with E-state index in [9.17, 15) is 4.79 Å². The number of hydrogen-bond acceptors (Lipinski definition) is 1. The highest BCUT2D eigenvalue weighted by molar-refractivity contribution is 6.05. The van der Waals surface area contributed by atoms with Crippen LogP contribution < -0.4 is 5.32 Å². The van der Waals surface area contributed by atoms with Crippen LogP contribution in [0.3, 0.4) is 0 Å². The summed E-state index contributed by atoms with van der Waals surface area (Å²) in [7, 11) is 0. The fraction of sp³-hybridized carbons (Fsp3) is 0.188. The van der Waals surface area contributed by atoms with Crippen molar-refractivity contribution in [2.24, 2.45) is 0 Å². The molecule has 0 aliphatic rings. The molecular weight excluding hydrogens is 222 g/mol. The van der Waals surface area contributed by atoms with E-state index >= 15 is 0 Å². The highest BCUT2D eigenvalue weighted by atomic mass is 16.1. The lowest BCUT2D eigenvalue weighted by Crippen LogP contribution is -2.12. The normalized spacial score (nSPS) is 9.06. The van der Waals surface area contributed by atoms with Gasteiger partial charge in [-0.1, -0.05) is 50.2 Å². The molecule has 0 saturated carbocycles. The largest absolute Gasteiger partial charge is 0.322 e. The zero-order valence-electron chi connectivity index (χ0n) is 11.1. The monoisotopic (exact) mass is 241 g/mol. The van der Waals surface area contributed by atoms with E-state index in [1.54, 1.807) is 0 Å². The van der Waals surface area contributed by atoms with Gasteiger partial charge in [0.15, 0.2) is 0 Å². The molecule has 0 heterocycles. The SMILES string of the molecule is CC.Cc1ccccc1C(=O)Nc1ccccc1. The summed E-state index contributed by atoms with van der Waals surface area (Å²) in [5.74, 6) is -0.0655. The maximum atomic E-state index is 11.9. The number of carbonyl (C=O) groups excluding carboxylic acids is 1. The van der Waals surface area contributed by atoms with Crippen molar-refractivity contribution in [1.82, 2.24) is 0 Å². The number of hydrogen-bond donors (Lipinski definition) is 1. The molecule has 1 N–H and O–H groups in total. The Bertz CT molecular complexity index is 491. The van der Waals surface area contributed by atoms with Gasteiger partial charge in [0.2, 0.25) is 0 Å². The van der Waals surface area contributed by atoms with Crippen LogP contribution in [0.5, 0.6) is 0 Å². The Morgan fingerprint density at radius 2 is 1.44 bits per heavy atom. The van der Waals surface area contributed by atoms with Crippen molar-refractivity contribution in [3.05, 3.63) is 65.7 Å². The first-order valence-corrected chi connectivity index (χ1v) is 6.19. The lowest BCUT2D eigenvalue weighted by molar-refractivity contribution is 0.102. The van der Waals surface area contributed by atoms with E-state index in [1.165, 1.54) is 0 Å². The molecule has 0 spiro atoms. The van der Waals surface area contributed by atoms with Gasteiger partial charge < -0.3 is 5.32 Å². The molecule has 0 aromatic heterocycles. The van der Waals surface area contributed by atoms with Crippen LogP contribution in [0, 0.1) is 6.92 Å². The first kappa shape index (κ1) is 14.0. The van der Waals surface area contributed by atoms with Gasteiger partial charge in [-0.2, -0.15) is 0 Å². The van der Waals surface area contributed by atoms with E-state index in [4.69, 9.17) is 0 Å². The Hall–Kier alpha value is -2.09. The van der Waals surface area contributed by atoms with E-state index in [-0.39, 0.29) is 5.91 Å². The van der Waals surface area contributed by atoms with Gasteiger partial charge in [-0.05, 0) is 30.7 Å². The molecule has 0 aliphatic carbocycles. The molecule has 1 amide bonds. The molecule has 2 aromatic rings. The molecule has 2 rings (SSSR count). The zero-order valence-corrected chi connectivity index (χ0v) is 11.1. The number of nitrogens with one attached hydrogen (secondary N) is 1. The van der Waals surface area contributed by atoms with Gasteiger partial charge in [0.05, 0.1) is 0 Å². The number of benzene rings is 2. The van der Waals surface area contributed by atoms with E-state index in [1.807, 2.05) is 75.4 Å². The summed E-state index contributed by atoms with van der Waals surface area (Å²) >= 11 is 0. The zero-order chi connectivity index (χ0) is 13.4. The second-order valence-corrected chi connectivity index (χ2v) is 3.64. The third-order valence-electron chi connectivity index (χ3n) is 2.42. The molecule has 94 valence electrons. The standard InChI is InChI=1S/C14H13NO.C2H6/c1-11-7-5-6-10-13(11)14(16)15-12-8-3-2-4-9-12;1-2/h2-10H,1H3,(H,15,16);1-2H3. The molecule has 0 bridgehead atoms. The molecule has 0 saturated heterocycles. The van der Waals surface area contributed by atoms with Crippen LogP contribution in [-0.4, -0.2) is 5.91 Å². The minimum absolute atomic E-state index is 0.0655. The first-order valence-electron chi connectivity index (χ1n) is 6.19. The maximum absolute atomic E-state index is 11.9. The second-order valence-electron chi connectivity index (χ2n) is 3.64. The summed E-state index contributed by atoms with van der Waals surface area (Å²) < 4.78 is 0. The Morgan fingerprint density at radius 1 is 0.889 bits per heavy atom. The van der Waals surface area contributed by atoms with Gasteiger partial charge >= 0.3 is 0 Å².